The third kappa shape index (κ3) is 1.55. The third-order valence-corrected chi connectivity index (χ3v) is 1.28. The number of methoxy groups -OCH3 is 1. The average Bonchev–Trinajstić information content (AvgIpc) is 2.04. The van der Waals surface area contributed by atoms with E-state index in [0.29, 0.717) is 5.56 Å². The van der Waals surface area contributed by atoms with Crippen LogP contribution in [0.2, 0.25) is 0 Å². The van der Waals surface area contributed by atoms with Crippen molar-refractivity contribution in [3.8, 4) is 5.88 Å². The highest BCUT2D eigenvalue weighted by molar-refractivity contribution is 5.46. The normalized spacial score (nSPS) is 9.27. The van der Waals surface area contributed by atoms with E-state index in [1.165, 1.54) is 13.2 Å². The van der Waals surface area contributed by atoms with Crippen molar-refractivity contribution in [1.82, 2.24) is 4.98 Å². The van der Waals surface area contributed by atoms with Crippen molar-refractivity contribution in [1.29, 1.82) is 0 Å². The van der Waals surface area contributed by atoms with Gasteiger partial charge in [-0.15, -0.1) is 0 Å². The minimum Gasteiger partial charge on any atom is -0.481 e. The van der Waals surface area contributed by atoms with Gasteiger partial charge in [-0.1, -0.05) is 12.7 Å². The molecule has 0 atom stereocenters. The first-order valence-electron chi connectivity index (χ1n) is 3.11. The molecule has 58 valence electrons. The maximum Gasteiger partial charge on any atom is 0.223 e. The van der Waals surface area contributed by atoms with Gasteiger partial charge in [0.1, 0.15) is 0 Å². The Balaban J connectivity index is 3.09. The molecule has 0 aliphatic carbocycles. The number of aromatic nitrogens is 1. The lowest BCUT2D eigenvalue weighted by atomic mass is 10.3. The van der Waals surface area contributed by atoms with E-state index in [1.807, 2.05) is 0 Å². The molecule has 1 heterocycles. The summed E-state index contributed by atoms with van der Waals surface area (Å²) in [4.78, 5) is 3.50. The van der Waals surface area contributed by atoms with Crippen molar-refractivity contribution in [3.05, 3.63) is 30.2 Å². The van der Waals surface area contributed by atoms with Crippen LogP contribution in [-0.4, -0.2) is 12.1 Å². The summed E-state index contributed by atoms with van der Waals surface area (Å²) < 4.78 is 17.5. The maximum atomic E-state index is 12.8. The van der Waals surface area contributed by atoms with Gasteiger partial charge in [-0.3, -0.25) is 0 Å². The van der Waals surface area contributed by atoms with Gasteiger partial charge < -0.3 is 4.74 Å². The van der Waals surface area contributed by atoms with E-state index < -0.39 is 5.95 Å². The van der Waals surface area contributed by atoms with Crippen molar-refractivity contribution in [3.63, 3.8) is 0 Å². The number of ether oxygens (including phenoxy) is 1. The van der Waals surface area contributed by atoms with Crippen molar-refractivity contribution >= 4 is 6.08 Å². The zero-order valence-corrected chi connectivity index (χ0v) is 6.17. The van der Waals surface area contributed by atoms with Gasteiger partial charge in [-0.25, -0.2) is 0 Å². The Labute approximate surface area is 64.3 Å². The molecule has 1 rings (SSSR count). The molecule has 1 aromatic heterocycles. The van der Waals surface area contributed by atoms with Gasteiger partial charge in [0.2, 0.25) is 11.8 Å². The summed E-state index contributed by atoms with van der Waals surface area (Å²) >= 11 is 0. The Morgan fingerprint density at radius 3 is 2.82 bits per heavy atom. The Bertz CT molecular complexity index is 273. The van der Waals surface area contributed by atoms with Crippen LogP contribution in [0.25, 0.3) is 6.08 Å². The van der Waals surface area contributed by atoms with Gasteiger partial charge in [-0.05, 0) is 6.07 Å². The number of nitrogens with zero attached hydrogens (tertiary/aromatic N) is 1. The lowest BCUT2D eigenvalue weighted by molar-refractivity contribution is 0.387. The Morgan fingerprint density at radius 2 is 2.36 bits per heavy atom. The van der Waals surface area contributed by atoms with E-state index in [9.17, 15) is 4.39 Å². The van der Waals surface area contributed by atoms with E-state index in [0.717, 1.165) is 0 Å². The van der Waals surface area contributed by atoms with E-state index in [2.05, 4.69) is 11.6 Å². The molecular formula is C8H8FNO. The summed E-state index contributed by atoms with van der Waals surface area (Å²) in [6, 6.07) is 3.15. The fourth-order valence-electron chi connectivity index (χ4n) is 0.694. The summed E-state index contributed by atoms with van der Waals surface area (Å²) in [5.74, 6) is -0.285. The molecule has 0 amide bonds. The van der Waals surface area contributed by atoms with E-state index in [4.69, 9.17) is 4.74 Å². The number of pyridine rings is 1. The third-order valence-electron chi connectivity index (χ3n) is 1.28. The number of halogens is 1. The predicted molar refractivity (Wildman–Crippen MR) is 40.8 cm³/mol. The largest absolute Gasteiger partial charge is 0.481 e. The minimum atomic E-state index is -0.556. The smallest absolute Gasteiger partial charge is 0.223 e. The average molecular weight is 153 g/mol. The van der Waals surface area contributed by atoms with Crippen LogP contribution < -0.4 is 4.74 Å². The Hall–Kier alpha value is -1.38. The zero-order valence-electron chi connectivity index (χ0n) is 6.17. The highest BCUT2D eigenvalue weighted by Gasteiger charge is 2.00. The molecule has 0 spiro atoms. The summed E-state index contributed by atoms with van der Waals surface area (Å²) in [7, 11) is 1.44. The first-order valence-corrected chi connectivity index (χ1v) is 3.11. The molecule has 11 heavy (non-hydrogen) atoms. The van der Waals surface area contributed by atoms with Crippen LogP contribution in [0.3, 0.4) is 0 Å². The monoisotopic (exact) mass is 153 g/mol. The van der Waals surface area contributed by atoms with Crippen molar-refractivity contribution in [2.45, 2.75) is 0 Å². The van der Waals surface area contributed by atoms with Crippen LogP contribution in [0.15, 0.2) is 18.7 Å². The highest BCUT2D eigenvalue weighted by atomic mass is 19.1. The first-order chi connectivity index (χ1) is 5.27. The first kappa shape index (κ1) is 7.72. The van der Waals surface area contributed by atoms with E-state index in [-0.39, 0.29) is 5.88 Å². The number of hydrogen-bond acceptors (Lipinski definition) is 2. The number of rotatable bonds is 2. The molecule has 0 unspecified atom stereocenters. The molecule has 0 radical (unpaired) electrons. The van der Waals surface area contributed by atoms with Crippen LogP contribution in [0, 0.1) is 5.95 Å². The second kappa shape index (κ2) is 3.14. The topological polar surface area (TPSA) is 22.1 Å². The van der Waals surface area contributed by atoms with Gasteiger partial charge in [0, 0.05) is 11.6 Å². The number of hydrogen-bond donors (Lipinski definition) is 0. The van der Waals surface area contributed by atoms with E-state index in [1.54, 1.807) is 12.1 Å². The lowest BCUT2D eigenvalue weighted by Gasteiger charge is -1.99. The fourth-order valence-corrected chi connectivity index (χ4v) is 0.694. The summed E-state index contributed by atoms with van der Waals surface area (Å²) in [6.45, 7) is 3.43. The molecule has 0 saturated carbocycles. The molecule has 0 saturated heterocycles. The molecule has 0 aliphatic heterocycles. The highest BCUT2D eigenvalue weighted by Crippen LogP contribution is 2.11. The molecule has 0 aliphatic rings. The second-order valence-electron chi connectivity index (χ2n) is 1.94. The summed E-state index contributed by atoms with van der Waals surface area (Å²) in [5.41, 5.74) is 0.380. The summed E-state index contributed by atoms with van der Waals surface area (Å²) in [5, 5.41) is 0. The second-order valence-corrected chi connectivity index (χ2v) is 1.94. The molecule has 0 fully saturated rings. The zero-order chi connectivity index (χ0) is 8.27. The predicted octanol–water partition coefficient (Wildman–Crippen LogP) is 1.87. The van der Waals surface area contributed by atoms with Crippen LogP contribution in [0.4, 0.5) is 4.39 Å². The molecular weight excluding hydrogens is 145 g/mol. The van der Waals surface area contributed by atoms with Crippen molar-refractivity contribution in [2.24, 2.45) is 0 Å². The van der Waals surface area contributed by atoms with Gasteiger partial charge in [0.15, 0.2) is 0 Å². The molecule has 0 N–H and O–H groups in total. The lowest BCUT2D eigenvalue weighted by Crippen LogP contribution is -1.92. The van der Waals surface area contributed by atoms with Crippen LogP contribution in [0.5, 0.6) is 5.88 Å². The molecule has 0 bridgehead atoms. The SMILES string of the molecule is C=Cc1ccc(OC)nc1F. The molecule has 3 heteroatoms. The van der Waals surface area contributed by atoms with Gasteiger partial charge >= 0.3 is 0 Å². The Kier molecular flexibility index (Phi) is 2.21. The standard InChI is InChI=1S/C8H8FNO/c1-3-6-4-5-7(11-2)10-8(6)9/h3-5H,1H2,2H3. The van der Waals surface area contributed by atoms with Gasteiger partial charge in [0.05, 0.1) is 7.11 Å². The van der Waals surface area contributed by atoms with Gasteiger partial charge in [-0.2, -0.15) is 9.37 Å². The van der Waals surface area contributed by atoms with Crippen LogP contribution >= 0.6 is 0 Å². The minimum absolute atomic E-state index is 0.271. The van der Waals surface area contributed by atoms with Crippen LogP contribution in [-0.2, 0) is 0 Å². The van der Waals surface area contributed by atoms with Gasteiger partial charge in [0.25, 0.3) is 0 Å². The van der Waals surface area contributed by atoms with Crippen molar-refractivity contribution in [2.75, 3.05) is 7.11 Å². The molecule has 1 aromatic rings. The van der Waals surface area contributed by atoms with Crippen LogP contribution in [0.1, 0.15) is 5.56 Å². The van der Waals surface area contributed by atoms with E-state index >= 15 is 0 Å². The Morgan fingerprint density at radius 1 is 1.64 bits per heavy atom. The fraction of sp³-hybridized carbons (Fsp3) is 0.125. The quantitative estimate of drug-likeness (QED) is 0.605. The molecule has 2 nitrogen and oxygen atoms in total. The van der Waals surface area contributed by atoms with Crippen molar-refractivity contribution < 1.29 is 9.13 Å². The summed E-state index contributed by atoms with van der Waals surface area (Å²) in [6.07, 6.45) is 1.40. The molecule has 0 aromatic carbocycles. The maximum absolute atomic E-state index is 12.8.